The first-order chi connectivity index (χ1) is 15.7. The van der Waals surface area contributed by atoms with Crippen molar-refractivity contribution in [3.8, 4) is 0 Å². The molecule has 0 unspecified atom stereocenters. The van der Waals surface area contributed by atoms with E-state index in [1.807, 2.05) is 4.90 Å². The van der Waals surface area contributed by atoms with E-state index in [-0.39, 0.29) is 26.2 Å². The third-order valence-electron chi connectivity index (χ3n) is 4.28. The van der Waals surface area contributed by atoms with Crippen molar-refractivity contribution < 1.29 is 46.1 Å². The molecule has 0 saturated carbocycles. The highest BCUT2D eigenvalue weighted by Gasteiger charge is 2.38. The van der Waals surface area contributed by atoms with Crippen LogP contribution in [0.2, 0.25) is 10.0 Å². The van der Waals surface area contributed by atoms with Gasteiger partial charge in [-0.05, 0) is 36.4 Å². The first-order valence-corrected chi connectivity index (χ1v) is 11.4. The van der Waals surface area contributed by atoms with Gasteiger partial charge in [0.15, 0.2) is 0 Å². The number of hydrogen-bond donors (Lipinski definition) is 3. The molecule has 0 radical (unpaired) electrons. The van der Waals surface area contributed by atoms with E-state index in [4.69, 9.17) is 37.8 Å². The van der Waals surface area contributed by atoms with Gasteiger partial charge in [0.05, 0.1) is 45.1 Å². The Morgan fingerprint density at radius 3 is 2.09 bits per heavy atom. The molecule has 0 bridgehead atoms. The molecule has 0 aromatic heterocycles. The van der Waals surface area contributed by atoms with Crippen LogP contribution in [0.15, 0.2) is 41.3 Å². The van der Waals surface area contributed by atoms with Crippen molar-refractivity contribution in [3.05, 3.63) is 52.0 Å². The maximum absolute atomic E-state index is 12.8. The number of aliphatic carboxylic acids is 1. The number of sulfonamides is 1. The number of aromatic carboxylic acids is 1. The van der Waals surface area contributed by atoms with Crippen molar-refractivity contribution in [2.75, 3.05) is 35.9 Å². The van der Waals surface area contributed by atoms with Gasteiger partial charge in [0.1, 0.15) is 0 Å². The van der Waals surface area contributed by atoms with Crippen LogP contribution in [-0.4, -0.2) is 63.0 Å². The molecular weight excluding hydrogens is 528 g/mol. The Morgan fingerprint density at radius 1 is 1.00 bits per heavy atom. The molecule has 3 N–H and O–H groups in total. The average molecular weight is 545 g/mol. The number of nitrogens with one attached hydrogen (secondary N) is 1. The lowest BCUT2D eigenvalue weighted by molar-refractivity contribution is -0.192. The Balaban J connectivity index is 0.000000509. The number of carbonyl (C=O) groups is 2. The molecule has 0 amide bonds. The number of ether oxygens (including phenoxy) is 1. The van der Waals surface area contributed by atoms with Crippen molar-refractivity contribution in [1.82, 2.24) is 0 Å². The zero-order valence-corrected chi connectivity index (χ0v) is 19.3. The molecule has 3 rings (SSSR count). The topological polar surface area (TPSA) is 133 Å². The number of carboxylic acid groups (broad SMARTS) is 2. The van der Waals surface area contributed by atoms with Gasteiger partial charge < -0.3 is 19.8 Å². The van der Waals surface area contributed by atoms with Crippen LogP contribution in [0.5, 0.6) is 0 Å². The Kier molecular flexibility index (Phi) is 9.00. The van der Waals surface area contributed by atoms with Crippen LogP contribution in [0.4, 0.5) is 24.5 Å². The monoisotopic (exact) mass is 544 g/mol. The Labute approximate surface area is 201 Å². The number of morpholine rings is 1. The quantitative estimate of drug-likeness (QED) is 0.515. The third kappa shape index (κ3) is 7.38. The lowest BCUT2D eigenvalue weighted by Gasteiger charge is -2.30. The van der Waals surface area contributed by atoms with Crippen LogP contribution in [0.3, 0.4) is 0 Å². The highest BCUT2D eigenvalue weighted by molar-refractivity contribution is 7.92. The van der Waals surface area contributed by atoms with E-state index in [1.54, 1.807) is 6.07 Å². The molecule has 1 heterocycles. The summed E-state index contributed by atoms with van der Waals surface area (Å²) in [5, 5.41) is 16.7. The van der Waals surface area contributed by atoms with Gasteiger partial charge in [-0.25, -0.2) is 18.0 Å². The van der Waals surface area contributed by atoms with Gasteiger partial charge in [-0.2, -0.15) is 13.2 Å². The lowest BCUT2D eigenvalue weighted by atomic mass is 10.1. The van der Waals surface area contributed by atoms with Crippen LogP contribution in [0.1, 0.15) is 10.4 Å². The first kappa shape index (κ1) is 27.5. The Bertz CT molecular complexity index is 1170. The summed E-state index contributed by atoms with van der Waals surface area (Å²) < 4.78 is 65.1. The van der Waals surface area contributed by atoms with Crippen LogP contribution >= 0.6 is 23.2 Å². The van der Waals surface area contributed by atoms with Gasteiger partial charge in [0.25, 0.3) is 10.0 Å². The average Bonchev–Trinajstić information content (AvgIpc) is 2.75. The maximum atomic E-state index is 12.8. The third-order valence-corrected chi connectivity index (χ3v) is 6.39. The molecule has 2 aromatic carbocycles. The molecule has 2 aromatic rings. The molecule has 0 aliphatic carbocycles. The van der Waals surface area contributed by atoms with Gasteiger partial charge in [-0.1, -0.05) is 23.2 Å². The normalized spacial score (nSPS) is 14.1. The van der Waals surface area contributed by atoms with Gasteiger partial charge in [-0.3, -0.25) is 4.72 Å². The van der Waals surface area contributed by atoms with Crippen LogP contribution in [0.25, 0.3) is 0 Å². The van der Waals surface area contributed by atoms with Crippen LogP contribution in [-0.2, 0) is 19.6 Å². The molecule has 1 aliphatic heterocycles. The number of carboxylic acids is 2. The van der Waals surface area contributed by atoms with Gasteiger partial charge >= 0.3 is 18.1 Å². The second kappa shape index (κ2) is 11.1. The largest absolute Gasteiger partial charge is 0.490 e. The summed E-state index contributed by atoms with van der Waals surface area (Å²) >= 11 is 11.8. The Hall–Kier alpha value is -2.74. The number of benzene rings is 2. The summed E-state index contributed by atoms with van der Waals surface area (Å²) in [4.78, 5) is 22.1. The summed E-state index contributed by atoms with van der Waals surface area (Å²) in [5.74, 6) is -3.91. The second-order valence-corrected chi connectivity index (χ2v) is 9.12. The standard InChI is InChI=1S/C17H16Cl2N2O5S.C2HF3O2/c18-13-3-2-12(10-14(13)19)27(24,25)20-15-9-11(17(22)23)1-4-16(15)21-5-7-26-8-6-21;3-2(4,5)1(6)7/h1-4,9-10,20H,5-8H2,(H,22,23);(H,6,7). The molecule has 1 fully saturated rings. The number of alkyl halides is 3. The van der Waals surface area contributed by atoms with E-state index in [0.29, 0.717) is 32.0 Å². The van der Waals surface area contributed by atoms with E-state index in [1.165, 1.54) is 30.3 Å². The molecule has 186 valence electrons. The fraction of sp³-hybridized carbons (Fsp3) is 0.263. The van der Waals surface area contributed by atoms with Crippen LogP contribution < -0.4 is 9.62 Å². The van der Waals surface area contributed by atoms with E-state index in [9.17, 15) is 31.5 Å². The zero-order chi connectivity index (χ0) is 25.7. The van der Waals surface area contributed by atoms with Crippen LogP contribution in [0, 0.1) is 0 Å². The van der Waals surface area contributed by atoms with E-state index in [2.05, 4.69) is 4.72 Å². The van der Waals surface area contributed by atoms with Gasteiger partial charge in [0, 0.05) is 13.1 Å². The highest BCUT2D eigenvalue weighted by Crippen LogP contribution is 2.31. The predicted molar refractivity (Wildman–Crippen MR) is 117 cm³/mol. The minimum atomic E-state index is -5.08. The van der Waals surface area contributed by atoms with Crippen molar-refractivity contribution in [1.29, 1.82) is 0 Å². The summed E-state index contributed by atoms with van der Waals surface area (Å²) in [5.41, 5.74) is 0.716. The maximum Gasteiger partial charge on any atom is 0.490 e. The van der Waals surface area contributed by atoms with Crippen molar-refractivity contribution in [2.45, 2.75) is 11.1 Å². The van der Waals surface area contributed by atoms with E-state index < -0.39 is 28.1 Å². The van der Waals surface area contributed by atoms with E-state index in [0.717, 1.165) is 0 Å². The first-order valence-electron chi connectivity index (χ1n) is 9.20. The lowest BCUT2D eigenvalue weighted by Crippen LogP contribution is -2.36. The smallest absolute Gasteiger partial charge is 0.478 e. The molecule has 0 spiro atoms. The predicted octanol–water partition coefficient (Wildman–Crippen LogP) is 3.96. The number of anilines is 2. The number of hydrogen-bond acceptors (Lipinski definition) is 6. The number of nitrogens with zero attached hydrogens (tertiary/aromatic N) is 1. The number of halogens is 5. The minimum Gasteiger partial charge on any atom is -0.478 e. The fourth-order valence-electron chi connectivity index (χ4n) is 2.68. The summed E-state index contributed by atoms with van der Waals surface area (Å²) in [6.07, 6.45) is -5.08. The summed E-state index contributed by atoms with van der Waals surface area (Å²) in [7, 11) is -4.00. The van der Waals surface area contributed by atoms with Crippen molar-refractivity contribution >= 4 is 56.5 Å². The van der Waals surface area contributed by atoms with Gasteiger partial charge in [-0.15, -0.1) is 0 Å². The molecule has 34 heavy (non-hydrogen) atoms. The molecule has 1 aliphatic rings. The molecule has 9 nitrogen and oxygen atoms in total. The molecule has 0 atom stereocenters. The zero-order valence-electron chi connectivity index (χ0n) is 17.0. The number of rotatable bonds is 5. The molecule has 15 heteroatoms. The minimum absolute atomic E-state index is 0.0288. The molecular formula is C19H17Cl2F3N2O7S. The fourth-order valence-corrected chi connectivity index (χ4v) is 4.13. The van der Waals surface area contributed by atoms with Gasteiger partial charge in [0.2, 0.25) is 0 Å². The Morgan fingerprint density at radius 2 is 1.59 bits per heavy atom. The van der Waals surface area contributed by atoms with Crippen molar-refractivity contribution in [2.24, 2.45) is 0 Å². The SMILES string of the molecule is O=C(O)C(F)(F)F.O=C(O)c1ccc(N2CCOCC2)c(NS(=O)(=O)c2ccc(Cl)c(Cl)c2)c1. The summed E-state index contributed by atoms with van der Waals surface area (Å²) in [6.45, 7) is 2.13. The second-order valence-electron chi connectivity index (χ2n) is 6.62. The molecule has 1 saturated heterocycles. The van der Waals surface area contributed by atoms with E-state index >= 15 is 0 Å². The van der Waals surface area contributed by atoms with Crippen molar-refractivity contribution in [3.63, 3.8) is 0 Å². The highest BCUT2D eigenvalue weighted by atomic mass is 35.5. The summed E-state index contributed by atoms with van der Waals surface area (Å²) in [6, 6.07) is 8.26.